The van der Waals surface area contributed by atoms with Gasteiger partial charge in [-0.05, 0) is 25.5 Å². The maximum atomic E-state index is 5.84. The molecule has 0 saturated carbocycles. The molecule has 0 aromatic carbocycles. The van der Waals surface area contributed by atoms with E-state index in [0.717, 1.165) is 16.8 Å². The zero-order valence-electron chi connectivity index (χ0n) is 11.6. The number of aryl methyl sites for hydroxylation is 1. The number of anilines is 2. The van der Waals surface area contributed by atoms with Crippen molar-refractivity contribution in [2.75, 3.05) is 5.32 Å². The van der Waals surface area contributed by atoms with Crippen LogP contribution in [0.15, 0.2) is 37.3 Å². The number of hydrogen-bond acceptors (Lipinski definition) is 5. The summed E-state index contributed by atoms with van der Waals surface area (Å²) in [6.45, 7) is 7.66. The third kappa shape index (κ3) is 3.00. The third-order valence-electron chi connectivity index (χ3n) is 2.72. The molecule has 0 aliphatic carbocycles. The van der Waals surface area contributed by atoms with Crippen LogP contribution in [0, 0.1) is 6.92 Å². The Bertz CT molecular complexity index is 647. The number of pyridine rings is 1. The van der Waals surface area contributed by atoms with Crippen molar-refractivity contribution in [1.29, 1.82) is 0 Å². The van der Waals surface area contributed by atoms with Gasteiger partial charge in [-0.2, -0.15) is 0 Å². The van der Waals surface area contributed by atoms with Crippen molar-refractivity contribution in [3.63, 3.8) is 0 Å². The minimum Gasteiger partial charge on any atom is -0.399 e. The van der Waals surface area contributed by atoms with Crippen LogP contribution in [-0.4, -0.2) is 15.0 Å². The second-order valence-corrected chi connectivity index (χ2v) is 4.30. The molecule has 0 bridgehead atoms. The Hall–Kier alpha value is -2.69. The summed E-state index contributed by atoms with van der Waals surface area (Å²) >= 11 is 0. The van der Waals surface area contributed by atoms with Crippen LogP contribution >= 0.6 is 0 Å². The third-order valence-corrected chi connectivity index (χ3v) is 2.72. The molecule has 2 heterocycles. The summed E-state index contributed by atoms with van der Waals surface area (Å²) in [6, 6.07) is 1.91. The lowest BCUT2D eigenvalue weighted by molar-refractivity contribution is 1.14. The zero-order chi connectivity index (χ0) is 14.5. The Morgan fingerprint density at radius 1 is 1.35 bits per heavy atom. The fourth-order valence-corrected chi connectivity index (χ4v) is 1.98. The maximum Gasteiger partial charge on any atom is 0.150 e. The van der Waals surface area contributed by atoms with Crippen LogP contribution in [0.2, 0.25) is 0 Å². The van der Waals surface area contributed by atoms with Gasteiger partial charge in [-0.15, -0.1) is 0 Å². The Balaban J connectivity index is 2.44. The van der Waals surface area contributed by atoms with Gasteiger partial charge in [-0.3, -0.25) is 4.98 Å². The number of aromatic nitrogens is 3. The van der Waals surface area contributed by atoms with E-state index in [9.17, 15) is 0 Å². The summed E-state index contributed by atoms with van der Waals surface area (Å²) in [6.07, 6.45) is 8.81. The molecule has 3 N–H and O–H groups in total. The molecule has 2 aromatic heterocycles. The Morgan fingerprint density at radius 2 is 2.15 bits per heavy atom. The highest BCUT2D eigenvalue weighted by molar-refractivity contribution is 5.75. The van der Waals surface area contributed by atoms with Crippen LogP contribution in [0.5, 0.6) is 0 Å². The van der Waals surface area contributed by atoms with E-state index in [-0.39, 0.29) is 0 Å². The van der Waals surface area contributed by atoms with Gasteiger partial charge in [0.15, 0.2) is 0 Å². The standard InChI is InChI=1S/C15H17N5/c1-4-5-12-8-13(19-11(3)15(12)10(2)16)20-14-9-17-6-7-18-14/h4-9H,2,16H2,1,3H3,(H,18,19,20)/b5-4-. The molecule has 0 spiro atoms. The molecule has 20 heavy (non-hydrogen) atoms. The first-order valence-corrected chi connectivity index (χ1v) is 6.24. The fourth-order valence-electron chi connectivity index (χ4n) is 1.98. The molecule has 0 aliphatic rings. The molecule has 0 aliphatic heterocycles. The lowest BCUT2D eigenvalue weighted by atomic mass is 10.0. The summed E-state index contributed by atoms with van der Waals surface area (Å²) in [7, 11) is 0. The van der Waals surface area contributed by atoms with Gasteiger partial charge in [0.05, 0.1) is 6.20 Å². The number of hydrogen-bond donors (Lipinski definition) is 2. The number of nitrogens with two attached hydrogens (primary N) is 1. The molecule has 102 valence electrons. The average molecular weight is 267 g/mol. The van der Waals surface area contributed by atoms with Gasteiger partial charge in [-0.25, -0.2) is 9.97 Å². The Labute approximate surface area is 118 Å². The van der Waals surface area contributed by atoms with Crippen molar-refractivity contribution >= 4 is 23.4 Å². The van der Waals surface area contributed by atoms with Gasteiger partial charge in [-0.1, -0.05) is 18.7 Å². The monoisotopic (exact) mass is 267 g/mol. The molecule has 0 amide bonds. The zero-order valence-corrected chi connectivity index (χ0v) is 11.6. The van der Waals surface area contributed by atoms with E-state index in [1.54, 1.807) is 18.6 Å². The smallest absolute Gasteiger partial charge is 0.150 e. The van der Waals surface area contributed by atoms with Crippen molar-refractivity contribution in [1.82, 2.24) is 15.0 Å². The summed E-state index contributed by atoms with van der Waals surface area (Å²) < 4.78 is 0. The van der Waals surface area contributed by atoms with E-state index in [2.05, 4.69) is 26.8 Å². The number of nitrogens with one attached hydrogen (secondary N) is 1. The van der Waals surface area contributed by atoms with Crippen molar-refractivity contribution in [2.45, 2.75) is 13.8 Å². The van der Waals surface area contributed by atoms with Crippen molar-refractivity contribution in [2.24, 2.45) is 5.73 Å². The van der Waals surface area contributed by atoms with Gasteiger partial charge in [0.2, 0.25) is 0 Å². The van der Waals surface area contributed by atoms with Crippen LogP contribution in [0.3, 0.4) is 0 Å². The maximum absolute atomic E-state index is 5.84. The molecule has 5 nitrogen and oxygen atoms in total. The molecule has 2 rings (SSSR count). The van der Waals surface area contributed by atoms with Crippen LogP contribution < -0.4 is 11.1 Å². The minimum absolute atomic E-state index is 0.508. The van der Waals surface area contributed by atoms with Gasteiger partial charge >= 0.3 is 0 Å². The molecular weight excluding hydrogens is 250 g/mol. The van der Waals surface area contributed by atoms with Gasteiger partial charge in [0.25, 0.3) is 0 Å². The van der Waals surface area contributed by atoms with Gasteiger partial charge < -0.3 is 11.1 Å². The predicted molar refractivity (Wildman–Crippen MR) is 82.2 cm³/mol. The average Bonchev–Trinajstić information content (AvgIpc) is 2.39. The first-order chi connectivity index (χ1) is 9.61. The summed E-state index contributed by atoms with van der Waals surface area (Å²) in [5.74, 6) is 1.34. The van der Waals surface area contributed by atoms with E-state index in [1.807, 2.05) is 32.1 Å². The predicted octanol–water partition coefficient (Wildman–Crippen LogP) is 2.89. The molecule has 0 saturated heterocycles. The Kier molecular flexibility index (Phi) is 4.10. The van der Waals surface area contributed by atoms with Gasteiger partial charge in [0.1, 0.15) is 11.6 Å². The molecule has 5 heteroatoms. The molecule has 0 unspecified atom stereocenters. The van der Waals surface area contributed by atoms with Gasteiger partial charge in [0, 0.05) is 29.3 Å². The van der Waals surface area contributed by atoms with Crippen LogP contribution in [0.25, 0.3) is 11.8 Å². The quantitative estimate of drug-likeness (QED) is 0.890. The molecule has 0 atom stereocenters. The van der Waals surface area contributed by atoms with Crippen molar-refractivity contribution < 1.29 is 0 Å². The number of allylic oxidation sites excluding steroid dienone is 1. The lowest BCUT2D eigenvalue weighted by Crippen LogP contribution is -2.05. The van der Waals surface area contributed by atoms with Crippen molar-refractivity contribution in [3.05, 3.63) is 54.1 Å². The molecule has 0 fully saturated rings. The van der Waals surface area contributed by atoms with E-state index in [1.165, 1.54) is 0 Å². The highest BCUT2D eigenvalue weighted by Gasteiger charge is 2.09. The number of rotatable bonds is 4. The SMILES string of the molecule is C=C(N)c1c(/C=C\C)cc(Nc2cnccn2)nc1C. The first-order valence-electron chi connectivity index (χ1n) is 6.24. The van der Waals surface area contributed by atoms with Crippen LogP contribution in [-0.2, 0) is 0 Å². The molecule has 2 aromatic rings. The second-order valence-electron chi connectivity index (χ2n) is 4.30. The normalized spacial score (nSPS) is 10.7. The second kappa shape index (κ2) is 5.97. The van der Waals surface area contributed by atoms with E-state index >= 15 is 0 Å². The summed E-state index contributed by atoms with van der Waals surface area (Å²) in [4.78, 5) is 12.6. The topological polar surface area (TPSA) is 76.7 Å². The van der Waals surface area contributed by atoms with Crippen LogP contribution in [0.4, 0.5) is 11.6 Å². The Morgan fingerprint density at radius 3 is 2.75 bits per heavy atom. The first kappa shape index (κ1) is 13.7. The van der Waals surface area contributed by atoms with E-state index in [4.69, 9.17) is 5.73 Å². The number of nitrogens with zero attached hydrogens (tertiary/aromatic N) is 3. The van der Waals surface area contributed by atoms with E-state index < -0.39 is 0 Å². The highest BCUT2D eigenvalue weighted by atomic mass is 15.1. The largest absolute Gasteiger partial charge is 0.399 e. The highest BCUT2D eigenvalue weighted by Crippen LogP contribution is 2.23. The molecular formula is C15H17N5. The fraction of sp³-hybridized carbons (Fsp3) is 0.133. The molecule has 0 radical (unpaired) electrons. The lowest BCUT2D eigenvalue weighted by Gasteiger charge is -2.12. The summed E-state index contributed by atoms with van der Waals surface area (Å²) in [5, 5.41) is 3.12. The van der Waals surface area contributed by atoms with E-state index in [0.29, 0.717) is 17.3 Å². The van der Waals surface area contributed by atoms with Crippen molar-refractivity contribution in [3.8, 4) is 0 Å². The summed E-state index contributed by atoms with van der Waals surface area (Å²) in [5.41, 5.74) is 9.00. The minimum atomic E-state index is 0.508. The van der Waals surface area contributed by atoms with Crippen LogP contribution in [0.1, 0.15) is 23.7 Å².